The Morgan fingerprint density at radius 2 is 2.06 bits per heavy atom. The maximum Gasteiger partial charge on any atom is 0.240 e. The van der Waals surface area contributed by atoms with Crippen molar-refractivity contribution in [2.75, 3.05) is 14.1 Å². The largest absolute Gasteiger partial charge is 0.338 e. The van der Waals surface area contributed by atoms with E-state index in [1.54, 1.807) is 0 Å². The highest BCUT2D eigenvalue weighted by molar-refractivity contribution is 5.05. The van der Waals surface area contributed by atoms with E-state index in [1.807, 2.05) is 7.05 Å². The van der Waals surface area contributed by atoms with Crippen LogP contribution in [0.4, 0.5) is 0 Å². The van der Waals surface area contributed by atoms with Gasteiger partial charge in [-0.05, 0) is 39.8 Å². The molecule has 0 radical (unpaired) electrons. The van der Waals surface area contributed by atoms with Crippen molar-refractivity contribution in [1.29, 1.82) is 0 Å². The predicted octanol–water partition coefficient (Wildman–Crippen LogP) is 1.13. The van der Waals surface area contributed by atoms with Crippen LogP contribution in [0.25, 0.3) is 0 Å². The minimum absolute atomic E-state index is 0.498. The number of hydrogen-bond donors (Lipinski definition) is 1. The quantitative estimate of drug-likeness (QED) is 0.852. The second-order valence-electron chi connectivity index (χ2n) is 5.30. The third-order valence-corrected chi connectivity index (χ3v) is 4.28. The van der Waals surface area contributed by atoms with Crippen LogP contribution in [-0.4, -0.2) is 41.2 Å². The summed E-state index contributed by atoms with van der Waals surface area (Å²) in [6.07, 6.45) is 5.04. The van der Waals surface area contributed by atoms with Gasteiger partial charge in [0.1, 0.15) is 0 Å². The second kappa shape index (κ2) is 4.38. The van der Waals surface area contributed by atoms with Crippen LogP contribution >= 0.6 is 0 Å². The average Bonchev–Trinajstić information content (AvgIpc) is 2.83. The number of piperidine rings is 1. The van der Waals surface area contributed by atoms with Gasteiger partial charge in [0, 0.05) is 18.0 Å². The van der Waals surface area contributed by atoms with Gasteiger partial charge in [0.2, 0.25) is 5.89 Å². The fraction of sp³-hybridized carbons (Fsp3) is 0.833. The monoisotopic (exact) mass is 236 g/mol. The molecule has 2 atom stereocenters. The smallest absolute Gasteiger partial charge is 0.240 e. The molecule has 2 unspecified atom stereocenters. The van der Waals surface area contributed by atoms with Crippen LogP contribution < -0.4 is 5.32 Å². The van der Waals surface area contributed by atoms with Gasteiger partial charge in [-0.25, -0.2) is 0 Å². The highest BCUT2D eigenvalue weighted by atomic mass is 16.5. The zero-order chi connectivity index (χ0) is 11.8. The van der Waals surface area contributed by atoms with Crippen LogP contribution in [0, 0.1) is 0 Å². The van der Waals surface area contributed by atoms with Crippen LogP contribution in [-0.2, 0) is 6.54 Å². The molecular formula is C12H20N4O. The lowest BCUT2D eigenvalue weighted by Crippen LogP contribution is -2.39. The summed E-state index contributed by atoms with van der Waals surface area (Å²) in [7, 11) is 4.14. The lowest BCUT2D eigenvalue weighted by atomic mass is 9.90. The number of fused-ring (bicyclic) bond motifs is 2. The predicted molar refractivity (Wildman–Crippen MR) is 63.6 cm³/mol. The van der Waals surface area contributed by atoms with Gasteiger partial charge in [0.25, 0.3) is 0 Å². The average molecular weight is 236 g/mol. The molecular weight excluding hydrogens is 216 g/mol. The standard InChI is InChI=1S/C12H20N4O/c1-13-7-11-14-12(15-17-11)8-5-9-3-4-10(6-8)16(9)2/h8-10,13H,3-7H2,1-2H3. The highest BCUT2D eigenvalue weighted by Crippen LogP contribution is 2.41. The Kier molecular flexibility index (Phi) is 2.88. The summed E-state index contributed by atoms with van der Waals surface area (Å²) >= 11 is 0. The number of nitrogens with zero attached hydrogens (tertiary/aromatic N) is 3. The molecule has 2 bridgehead atoms. The Labute approximate surface area is 102 Å². The summed E-state index contributed by atoms with van der Waals surface area (Å²) in [5, 5.41) is 7.17. The van der Waals surface area contributed by atoms with Crippen LogP contribution in [0.3, 0.4) is 0 Å². The van der Waals surface area contributed by atoms with Crippen LogP contribution in [0.2, 0.25) is 0 Å². The first-order valence-electron chi connectivity index (χ1n) is 6.47. The van der Waals surface area contributed by atoms with E-state index in [1.165, 1.54) is 25.7 Å². The Morgan fingerprint density at radius 3 is 2.71 bits per heavy atom. The van der Waals surface area contributed by atoms with Gasteiger partial charge in [-0.3, -0.25) is 0 Å². The first-order chi connectivity index (χ1) is 8.28. The van der Waals surface area contributed by atoms with Gasteiger partial charge in [-0.15, -0.1) is 0 Å². The number of nitrogens with one attached hydrogen (secondary N) is 1. The van der Waals surface area contributed by atoms with Crippen molar-refractivity contribution in [3.63, 3.8) is 0 Å². The number of hydrogen-bond acceptors (Lipinski definition) is 5. The first-order valence-corrected chi connectivity index (χ1v) is 6.47. The zero-order valence-electron chi connectivity index (χ0n) is 10.5. The molecule has 3 heterocycles. The summed E-state index contributed by atoms with van der Waals surface area (Å²) < 4.78 is 5.24. The van der Waals surface area contributed by atoms with Gasteiger partial charge in [0.05, 0.1) is 6.54 Å². The number of aromatic nitrogens is 2. The van der Waals surface area contributed by atoms with E-state index in [4.69, 9.17) is 4.52 Å². The molecule has 2 fully saturated rings. The molecule has 5 nitrogen and oxygen atoms in total. The Balaban J connectivity index is 1.72. The molecule has 2 aliphatic rings. The summed E-state index contributed by atoms with van der Waals surface area (Å²) in [4.78, 5) is 7.02. The summed E-state index contributed by atoms with van der Waals surface area (Å²) in [6, 6.07) is 1.45. The molecule has 2 aliphatic heterocycles. The summed E-state index contributed by atoms with van der Waals surface area (Å²) in [5.41, 5.74) is 0. The van der Waals surface area contributed by atoms with Crippen molar-refractivity contribution < 1.29 is 4.52 Å². The molecule has 0 spiro atoms. The van der Waals surface area contributed by atoms with E-state index in [9.17, 15) is 0 Å². The van der Waals surface area contributed by atoms with Crippen molar-refractivity contribution in [3.05, 3.63) is 11.7 Å². The Hall–Kier alpha value is -0.940. The zero-order valence-corrected chi connectivity index (χ0v) is 10.5. The molecule has 1 N–H and O–H groups in total. The van der Waals surface area contributed by atoms with E-state index >= 15 is 0 Å². The van der Waals surface area contributed by atoms with Gasteiger partial charge >= 0.3 is 0 Å². The van der Waals surface area contributed by atoms with Crippen LogP contribution in [0.1, 0.15) is 43.3 Å². The van der Waals surface area contributed by atoms with E-state index in [2.05, 4.69) is 27.4 Å². The van der Waals surface area contributed by atoms with Crippen molar-refractivity contribution in [1.82, 2.24) is 20.4 Å². The molecule has 1 aromatic rings. The molecule has 3 rings (SSSR count). The fourth-order valence-electron chi connectivity index (χ4n) is 3.28. The SMILES string of the molecule is CNCc1nc(C2CC3CCC(C2)N3C)no1. The normalized spacial score (nSPS) is 33.2. The highest BCUT2D eigenvalue weighted by Gasteiger charge is 2.40. The molecule has 0 amide bonds. The maximum atomic E-state index is 5.24. The first kappa shape index (κ1) is 11.2. The van der Waals surface area contributed by atoms with Crippen LogP contribution in [0.15, 0.2) is 4.52 Å². The lowest BCUT2D eigenvalue weighted by Gasteiger charge is -2.34. The van der Waals surface area contributed by atoms with Crippen LogP contribution in [0.5, 0.6) is 0 Å². The van der Waals surface area contributed by atoms with E-state index in [0.29, 0.717) is 18.4 Å². The van der Waals surface area contributed by atoms with Gasteiger partial charge in [0.15, 0.2) is 5.82 Å². The van der Waals surface area contributed by atoms with Gasteiger partial charge < -0.3 is 14.7 Å². The van der Waals surface area contributed by atoms with Gasteiger partial charge in [-0.2, -0.15) is 4.98 Å². The minimum atomic E-state index is 0.498. The molecule has 1 aromatic heterocycles. The summed E-state index contributed by atoms with van der Waals surface area (Å²) in [6.45, 7) is 0.659. The van der Waals surface area contributed by atoms with E-state index in [0.717, 1.165) is 17.9 Å². The molecule has 0 saturated carbocycles. The Morgan fingerprint density at radius 1 is 1.35 bits per heavy atom. The molecule has 94 valence electrons. The van der Waals surface area contributed by atoms with Gasteiger partial charge in [-0.1, -0.05) is 5.16 Å². The maximum absolute atomic E-state index is 5.24. The third kappa shape index (κ3) is 1.98. The number of rotatable bonds is 3. The topological polar surface area (TPSA) is 54.2 Å². The van der Waals surface area contributed by atoms with Crippen molar-refractivity contribution in [2.45, 2.75) is 50.2 Å². The van der Waals surface area contributed by atoms with E-state index in [-0.39, 0.29) is 0 Å². The second-order valence-corrected chi connectivity index (χ2v) is 5.30. The van der Waals surface area contributed by atoms with Crippen molar-refractivity contribution in [3.8, 4) is 0 Å². The molecule has 2 saturated heterocycles. The van der Waals surface area contributed by atoms with Crippen molar-refractivity contribution in [2.24, 2.45) is 0 Å². The fourth-order valence-corrected chi connectivity index (χ4v) is 3.28. The van der Waals surface area contributed by atoms with E-state index < -0.39 is 0 Å². The lowest BCUT2D eigenvalue weighted by molar-refractivity contribution is 0.157. The molecule has 0 aromatic carbocycles. The third-order valence-electron chi connectivity index (χ3n) is 4.28. The Bertz CT molecular complexity index is 378. The summed E-state index contributed by atoms with van der Waals surface area (Å²) in [5.74, 6) is 2.12. The van der Waals surface area contributed by atoms with Crippen molar-refractivity contribution >= 4 is 0 Å². The molecule has 17 heavy (non-hydrogen) atoms. The molecule has 0 aliphatic carbocycles. The molecule has 5 heteroatoms. The minimum Gasteiger partial charge on any atom is -0.338 e.